The lowest BCUT2D eigenvalue weighted by molar-refractivity contribution is -0.105. The van der Waals surface area contributed by atoms with E-state index in [4.69, 9.17) is 0 Å². The molecule has 0 atom stereocenters. The van der Waals surface area contributed by atoms with Crippen LogP contribution in [0.5, 0.6) is 0 Å². The van der Waals surface area contributed by atoms with Gasteiger partial charge in [-0.3, -0.25) is 4.79 Å². The highest BCUT2D eigenvalue weighted by molar-refractivity contribution is 5.94. The zero-order chi connectivity index (χ0) is 14.1. The Labute approximate surface area is 116 Å². The molecular weight excluding hydrogens is 252 g/mol. The Morgan fingerprint density at radius 3 is 2.75 bits per heavy atom. The van der Waals surface area contributed by atoms with Crippen molar-refractivity contribution in [1.82, 2.24) is 14.8 Å². The van der Waals surface area contributed by atoms with Crippen LogP contribution in [0.25, 0.3) is 16.7 Å². The van der Waals surface area contributed by atoms with Crippen LogP contribution >= 0.6 is 0 Å². The molecule has 0 radical (unpaired) electrons. The van der Waals surface area contributed by atoms with Crippen molar-refractivity contribution in [2.24, 2.45) is 0 Å². The lowest BCUT2D eigenvalue weighted by Gasteiger charge is -2.08. The number of anilines is 1. The molecule has 0 fully saturated rings. The Balaban J connectivity index is 2.21. The number of pyridine rings is 1. The number of hydrogen-bond acceptors (Lipinski definition) is 3. The second-order valence-corrected chi connectivity index (χ2v) is 4.65. The summed E-state index contributed by atoms with van der Waals surface area (Å²) in [4.78, 5) is 15.3. The number of rotatable bonds is 3. The van der Waals surface area contributed by atoms with E-state index in [0.717, 1.165) is 28.1 Å². The molecule has 5 heteroatoms. The average molecular weight is 266 g/mol. The smallest absolute Gasteiger partial charge is 0.211 e. The van der Waals surface area contributed by atoms with E-state index in [2.05, 4.69) is 15.4 Å². The number of fused-ring (bicyclic) bond motifs is 1. The third-order valence-electron chi connectivity index (χ3n) is 3.15. The highest BCUT2D eigenvalue weighted by Gasteiger charge is 2.08. The van der Waals surface area contributed by atoms with Gasteiger partial charge in [-0.2, -0.15) is 5.10 Å². The summed E-state index contributed by atoms with van der Waals surface area (Å²) < 4.78 is 1.80. The molecule has 1 aromatic carbocycles. The Morgan fingerprint density at radius 2 is 2.05 bits per heavy atom. The van der Waals surface area contributed by atoms with Gasteiger partial charge in [-0.05, 0) is 38.1 Å². The first kappa shape index (κ1) is 12.3. The van der Waals surface area contributed by atoms with E-state index < -0.39 is 0 Å². The Morgan fingerprint density at radius 1 is 1.20 bits per heavy atom. The summed E-state index contributed by atoms with van der Waals surface area (Å²) >= 11 is 0. The lowest BCUT2D eigenvalue weighted by atomic mass is 10.2. The maximum atomic E-state index is 10.7. The van der Waals surface area contributed by atoms with Crippen molar-refractivity contribution in [3.63, 3.8) is 0 Å². The molecule has 0 unspecified atom stereocenters. The number of benzene rings is 1. The molecule has 3 aromatic rings. The van der Waals surface area contributed by atoms with E-state index in [-0.39, 0.29) is 0 Å². The first-order chi connectivity index (χ1) is 9.69. The van der Waals surface area contributed by atoms with E-state index in [1.54, 1.807) is 4.68 Å². The first-order valence-corrected chi connectivity index (χ1v) is 6.32. The van der Waals surface area contributed by atoms with Crippen molar-refractivity contribution in [1.29, 1.82) is 0 Å². The quantitative estimate of drug-likeness (QED) is 0.741. The number of carbonyl (C=O) groups is 1. The maximum absolute atomic E-state index is 10.7. The van der Waals surface area contributed by atoms with Crippen molar-refractivity contribution in [3.8, 4) is 5.82 Å². The molecular formula is C15H14N4O. The van der Waals surface area contributed by atoms with Gasteiger partial charge in [0.1, 0.15) is 0 Å². The van der Waals surface area contributed by atoms with Crippen LogP contribution in [0, 0.1) is 13.8 Å². The van der Waals surface area contributed by atoms with E-state index >= 15 is 0 Å². The van der Waals surface area contributed by atoms with Gasteiger partial charge in [-0.1, -0.05) is 12.1 Å². The second-order valence-electron chi connectivity index (χ2n) is 4.65. The molecule has 2 aromatic heterocycles. The summed E-state index contributed by atoms with van der Waals surface area (Å²) in [5.41, 5.74) is 3.42. The zero-order valence-electron chi connectivity index (χ0n) is 11.3. The summed E-state index contributed by atoms with van der Waals surface area (Å²) in [7, 11) is 0. The minimum absolute atomic E-state index is 0.659. The van der Waals surface area contributed by atoms with E-state index in [1.807, 2.05) is 50.2 Å². The van der Waals surface area contributed by atoms with Gasteiger partial charge in [-0.25, -0.2) is 9.67 Å². The van der Waals surface area contributed by atoms with Gasteiger partial charge in [0.25, 0.3) is 0 Å². The van der Waals surface area contributed by atoms with Crippen LogP contribution < -0.4 is 5.32 Å². The number of para-hydroxylation sites is 1. The van der Waals surface area contributed by atoms with Crippen molar-refractivity contribution < 1.29 is 4.79 Å². The predicted octanol–water partition coefficient (Wildman–Crippen LogP) is 2.61. The fraction of sp³-hybridized carbons (Fsp3) is 0.133. The van der Waals surface area contributed by atoms with E-state index in [0.29, 0.717) is 12.1 Å². The normalized spacial score (nSPS) is 10.7. The molecule has 0 saturated carbocycles. The van der Waals surface area contributed by atoms with Gasteiger partial charge < -0.3 is 5.32 Å². The number of nitrogens with one attached hydrogen (secondary N) is 1. The molecule has 0 spiro atoms. The topological polar surface area (TPSA) is 59.8 Å². The largest absolute Gasteiger partial charge is 0.327 e. The van der Waals surface area contributed by atoms with Gasteiger partial charge in [-0.15, -0.1) is 0 Å². The van der Waals surface area contributed by atoms with Gasteiger partial charge in [0.2, 0.25) is 6.41 Å². The number of hydrogen-bond donors (Lipinski definition) is 1. The second kappa shape index (κ2) is 4.77. The molecule has 0 aliphatic rings. The number of nitrogens with zero attached hydrogens (tertiary/aromatic N) is 3. The Hall–Kier alpha value is -2.69. The van der Waals surface area contributed by atoms with Crippen LogP contribution in [0.4, 0.5) is 5.69 Å². The van der Waals surface area contributed by atoms with Gasteiger partial charge in [0.15, 0.2) is 5.82 Å². The summed E-state index contributed by atoms with van der Waals surface area (Å²) in [6.45, 7) is 3.94. The molecule has 0 saturated heterocycles. The highest BCUT2D eigenvalue weighted by Crippen LogP contribution is 2.22. The minimum atomic E-state index is 0.659. The number of carbonyl (C=O) groups excluding carboxylic acids is 1. The molecule has 100 valence electrons. The van der Waals surface area contributed by atoms with Gasteiger partial charge in [0, 0.05) is 11.1 Å². The monoisotopic (exact) mass is 266 g/mol. The molecule has 2 heterocycles. The summed E-state index contributed by atoms with van der Waals surface area (Å²) in [6.07, 6.45) is 0.659. The number of amides is 1. The van der Waals surface area contributed by atoms with Crippen LogP contribution in [0.15, 0.2) is 36.4 Å². The molecule has 1 amide bonds. The van der Waals surface area contributed by atoms with E-state index in [1.165, 1.54) is 0 Å². The van der Waals surface area contributed by atoms with Gasteiger partial charge in [0.05, 0.1) is 16.9 Å². The third-order valence-corrected chi connectivity index (χ3v) is 3.15. The summed E-state index contributed by atoms with van der Waals surface area (Å²) in [5, 5.41) is 8.08. The van der Waals surface area contributed by atoms with E-state index in [9.17, 15) is 4.79 Å². The standard InChI is InChI=1S/C15H14N4O/c1-10-8-11(2)19(18-10)14-7-6-12-4-3-5-13(16-9-20)15(12)17-14/h3-9H,1-2H3,(H,16,20). The van der Waals surface area contributed by atoms with Gasteiger partial charge >= 0.3 is 0 Å². The minimum Gasteiger partial charge on any atom is -0.327 e. The molecule has 20 heavy (non-hydrogen) atoms. The molecule has 0 bridgehead atoms. The number of aryl methyl sites for hydroxylation is 2. The Kier molecular flexibility index (Phi) is 2.95. The number of aromatic nitrogens is 3. The van der Waals surface area contributed by atoms with Crippen molar-refractivity contribution in [3.05, 3.63) is 47.8 Å². The van der Waals surface area contributed by atoms with Crippen LogP contribution in [-0.4, -0.2) is 21.2 Å². The van der Waals surface area contributed by atoms with Crippen LogP contribution in [-0.2, 0) is 4.79 Å². The zero-order valence-corrected chi connectivity index (χ0v) is 11.3. The first-order valence-electron chi connectivity index (χ1n) is 6.32. The summed E-state index contributed by atoms with van der Waals surface area (Å²) in [6, 6.07) is 11.6. The summed E-state index contributed by atoms with van der Waals surface area (Å²) in [5.74, 6) is 0.739. The lowest BCUT2D eigenvalue weighted by Crippen LogP contribution is -2.03. The van der Waals surface area contributed by atoms with Crippen LogP contribution in [0.3, 0.4) is 0 Å². The highest BCUT2D eigenvalue weighted by atomic mass is 16.1. The predicted molar refractivity (Wildman–Crippen MR) is 78.0 cm³/mol. The third kappa shape index (κ3) is 2.03. The Bertz CT molecular complexity index is 792. The van der Waals surface area contributed by atoms with Crippen molar-refractivity contribution >= 4 is 23.0 Å². The SMILES string of the molecule is Cc1cc(C)n(-c2ccc3cccc(NC=O)c3n2)n1. The fourth-order valence-corrected chi connectivity index (χ4v) is 2.30. The van der Waals surface area contributed by atoms with Crippen LogP contribution in [0.2, 0.25) is 0 Å². The maximum Gasteiger partial charge on any atom is 0.211 e. The van der Waals surface area contributed by atoms with Crippen molar-refractivity contribution in [2.45, 2.75) is 13.8 Å². The van der Waals surface area contributed by atoms with Crippen LogP contribution in [0.1, 0.15) is 11.4 Å². The molecule has 3 rings (SSSR count). The van der Waals surface area contributed by atoms with Crippen molar-refractivity contribution in [2.75, 3.05) is 5.32 Å². The average Bonchev–Trinajstić information content (AvgIpc) is 2.78. The molecule has 0 aliphatic heterocycles. The molecule has 1 N–H and O–H groups in total. The molecule has 0 aliphatic carbocycles. The molecule has 5 nitrogen and oxygen atoms in total. The fourth-order valence-electron chi connectivity index (χ4n) is 2.30.